The quantitative estimate of drug-likeness (QED) is 0.466. The Morgan fingerprint density at radius 3 is 1.91 bits per heavy atom. The SMILES string of the molecule is CCC(F)C(F)C(C)CCC1CCC(C2CCC(C)CC2)CC1. The molecule has 0 aliphatic heterocycles. The molecule has 0 spiro atoms. The van der Waals surface area contributed by atoms with Crippen molar-refractivity contribution < 1.29 is 8.78 Å². The van der Waals surface area contributed by atoms with Gasteiger partial charge in [0.25, 0.3) is 0 Å². The summed E-state index contributed by atoms with van der Waals surface area (Å²) in [5.41, 5.74) is 0. The van der Waals surface area contributed by atoms with Crippen molar-refractivity contribution in [2.24, 2.45) is 29.6 Å². The van der Waals surface area contributed by atoms with Crippen LogP contribution in [0.5, 0.6) is 0 Å². The predicted octanol–water partition coefficient (Wildman–Crippen LogP) is 7.12. The molecule has 2 fully saturated rings. The van der Waals surface area contributed by atoms with Gasteiger partial charge in [0.05, 0.1) is 0 Å². The molecular formula is C21H38F2. The van der Waals surface area contributed by atoms with Crippen LogP contribution in [0.3, 0.4) is 0 Å². The van der Waals surface area contributed by atoms with Crippen molar-refractivity contribution in [3.63, 3.8) is 0 Å². The van der Waals surface area contributed by atoms with Crippen molar-refractivity contribution >= 4 is 0 Å². The summed E-state index contributed by atoms with van der Waals surface area (Å²) in [4.78, 5) is 0. The third kappa shape index (κ3) is 5.71. The smallest absolute Gasteiger partial charge is 0.134 e. The topological polar surface area (TPSA) is 0 Å². The lowest BCUT2D eigenvalue weighted by atomic mass is 9.69. The van der Waals surface area contributed by atoms with E-state index in [2.05, 4.69) is 6.92 Å². The molecule has 0 aromatic heterocycles. The van der Waals surface area contributed by atoms with Gasteiger partial charge in [0, 0.05) is 0 Å². The Kier molecular flexibility index (Phi) is 7.82. The van der Waals surface area contributed by atoms with Gasteiger partial charge in [-0.3, -0.25) is 0 Å². The summed E-state index contributed by atoms with van der Waals surface area (Å²) in [6, 6.07) is 0. The summed E-state index contributed by atoms with van der Waals surface area (Å²) >= 11 is 0. The highest BCUT2D eigenvalue weighted by molar-refractivity contribution is 4.82. The molecule has 0 N–H and O–H groups in total. The van der Waals surface area contributed by atoms with E-state index in [4.69, 9.17) is 0 Å². The number of hydrogen-bond acceptors (Lipinski definition) is 0. The maximum Gasteiger partial charge on any atom is 0.134 e. The predicted molar refractivity (Wildman–Crippen MR) is 95.1 cm³/mol. The maximum atomic E-state index is 13.9. The van der Waals surface area contributed by atoms with Gasteiger partial charge in [0.15, 0.2) is 0 Å². The number of hydrogen-bond donors (Lipinski definition) is 0. The van der Waals surface area contributed by atoms with Gasteiger partial charge in [0.2, 0.25) is 0 Å². The fourth-order valence-corrected chi connectivity index (χ4v) is 4.95. The number of alkyl halides is 2. The van der Waals surface area contributed by atoms with Crippen LogP contribution < -0.4 is 0 Å². The second-order valence-electron chi connectivity index (χ2n) is 8.72. The first kappa shape index (κ1) is 19.2. The minimum Gasteiger partial charge on any atom is -0.244 e. The van der Waals surface area contributed by atoms with Gasteiger partial charge in [-0.15, -0.1) is 0 Å². The molecule has 0 nitrogen and oxygen atoms in total. The minimum absolute atomic E-state index is 0.123. The zero-order chi connectivity index (χ0) is 16.8. The maximum absolute atomic E-state index is 13.9. The van der Waals surface area contributed by atoms with E-state index in [1.54, 1.807) is 6.92 Å². The van der Waals surface area contributed by atoms with E-state index < -0.39 is 12.3 Å². The van der Waals surface area contributed by atoms with Crippen LogP contribution in [-0.4, -0.2) is 12.3 Å². The molecule has 0 heterocycles. The van der Waals surface area contributed by atoms with Gasteiger partial charge in [0.1, 0.15) is 12.3 Å². The second-order valence-corrected chi connectivity index (χ2v) is 8.72. The van der Waals surface area contributed by atoms with E-state index in [-0.39, 0.29) is 5.92 Å². The summed E-state index contributed by atoms with van der Waals surface area (Å²) in [6.45, 7) is 6.02. The van der Waals surface area contributed by atoms with Crippen LogP contribution in [0.25, 0.3) is 0 Å². The fourth-order valence-electron chi connectivity index (χ4n) is 4.95. The highest BCUT2D eigenvalue weighted by atomic mass is 19.2. The summed E-state index contributed by atoms with van der Waals surface area (Å²) in [7, 11) is 0. The van der Waals surface area contributed by atoms with E-state index in [9.17, 15) is 8.78 Å². The second kappa shape index (κ2) is 9.37. The van der Waals surface area contributed by atoms with Gasteiger partial charge in [-0.2, -0.15) is 0 Å². The van der Waals surface area contributed by atoms with E-state index in [1.807, 2.05) is 6.92 Å². The van der Waals surface area contributed by atoms with Crippen molar-refractivity contribution in [2.45, 2.75) is 104 Å². The summed E-state index contributed by atoms with van der Waals surface area (Å²) in [5, 5.41) is 0. The lowest BCUT2D eigenvalue weighted by Crippen LogP contribution is -2.27. The third-order valence-electron chi connectivity index (χ3n) is 6.93. The van der Waals surface area contributed by atoms with Crippen LogP contribution in [0.15, 0.2) is 0 Å². The molecule has 2 aliphatic carbocycles. The van der Waals surface area contributed by atoms with Crippen LogP contribution in [-0.2, 0) is 0 Å². The molecule has 0 aromatic carbocycles. The molecule has 0 aromatic rings. The van der Waals surface area contributed by atoms with Crippen LogP contribution in [0.2, 0.25) is 0 Å². The third-order valence-corrected chi connectivity index (χ3v) is 6.93. The molecule has 2 heteroatoms. The van der Waals surface area contributed by atoms with Crippen molar-refractivity contribution in [3.8, 4) is 0 Å². The average Bonchev–Trinajstić information content (AvgIpc) is 2.59. The molecule has 2 rings (SSSR count). The van der Waals surface area contributed by atoms with Crippen molar-refractivity contribution in [2.75, 3.05) is 0 Å². The van der Waals surface area contributed by atoms with E-state index in [1.165, 1.54) is 51.4 Å². The molecule has 0 bridgehead atoms. The van der Waals surface area contributed by atoms with Gasteiger partial charge in [-0.25, -0.2) is 8.78 Å². The van der Waals surface area contributed by atoms with Crippen LogP contribution in [0.1, 0.15) is 91.4 Å². The van der Waals surface area contributed by atoms with Gasteiger partial charge >= 0.3 is 0 Å². The molecule has 2 aliphatic rings. The van der Waals surface area contributed by atoms with Crippen LogP contribution in [0.4, 0.5) is 8.78 Å². The lowest BCUT2D eigenvalue weighted by Gasteiger charge is -2.37. The average molecular weight is 329 g/mol. The van der Waals surface area contributed by atoms with E-state index in [0.717, 1.165) is 36.5 Å². The standard InChI is InChI=1S/C21H38F2/c1-4-20(22)21(23)16(3)7-8-17-9-13-19(14-10-17)18-11-5-15(2)6-12-18/h15-21H,4-14H2,1-3H3. The first-order chi connectivity index (χ1) is 11.0. The monoisotopic (exact) mass is 328 g/mol. The van der Waals surface area contributed by atoms with E-state index in [0.29, 0.717) is 6.42 Å². The summed E-state index contributed by atoms with van der Waals surface area (Å²) < 4.78 is 27.4. The molecule has 3 unspecified atom stereocenters. The molecule has 23 heavy (non-hydrogen) atoms. The van der Waals surface area contributed by atoms with Crippen LogP contribution >= 0.6 is 0 Å². The van der Waals surface area contributed by atoms with Gasteiger partial charge in [-0.1, -0.05) is 52.9 Å². The Balaban J connectivity index is 1.65. The number of halogens is 2. The highest BCUT2D eigenvalue weighted by Crippen LogP contribution is 2.42. The van der Waals surface area contributed by atoms with Gasteiger partial charge in [-0.05, 0) is 68.1 Å². The Hall–Kier alpha value is -0.140. The summed E-state index contributed by atoms with van der Waals surface area (Å²) in [5.74, 6) is 3.53. The zero-order valence-electron chi connectivity index (χ0n) is 15.6. The molecule has 136 valence electrons. The summed E-state index contributed by atoms with van der Waals surface area (Å²) in [6.07, 6.45) is 10.9. The normalized spacial score (nSPS) is 36.4. The Labute approximate surface area is 142 Å². The van der Waals surface area contributed by atoms with Crippen molar-refractivity contribution in [1.29, 1.82) is 0 Å². The van der Waals surface area contributed by atoms with Crippen molar-refractivity contribution in [3.05, 3.63) is 0 Å². The van der Waals surface area contributed by atoms with Crippen LogP contribution in [0, 0.1) is 29.6 Å². The molecule has 0 radical (unpaired) electrons. The van der Waals surface area contributed by atoms with Crippen molar-refractivity contribution in [1.82, 2.24) is 0 Å². The number of rotatable bonds is 7. The first-order valence-electron chi connectivity index (χ1n) is 10.3. The molecule has 3 atom stereocenters. The molecular weight excluding hydrogens is 290 g/mol. The molecule has 0 amide bonds. The Morgan fingerprint density at radius 1 is 0.870 bits per heavy atom. The first-order valence-corrected chi connectivity index (χ1v) is 10.3. The lowest BCUT2D eigenvalue weighted by molar-refractivity contribution is 0.100. The fraction of sp³-hybridized carbons (Fsp3) is 1.00. The molecule has 2 saturated carbocycles. The molecule has 0 saturated heterocycles. The minimum atomic E-state index is -1.27. The highest BCUT2D eigenvalue weighted by Gasteiger charge is 2.31. The Morgan fingerprint density at radius 2 is 1.39 bits per heavy atom. The van der Waals surface area contributed by atoms with Gasteiger partial charge < -0.3 is 0 Å². The Bertz CT molecular complexity index is 314. The largest absolute Gasteiger partial charge is 0.244 e. The van der Waals surface area contributed by atoms with E-state index >= 15 is 0 Å². The zero-order valence-corrected chi connectivity index (χ0v) is 15.6.